The highest BCUT2D eigenvalue weighted by Crippen LogP contribution is 2.32. The van der Waals surface area contributed by atoms with Crippen LogP contribution in [0.25, 0.3) is 0 Å². The van der Waals surface area contributed by atoms with Gasteiger partial charge in [-0.25, -0.2) is 13.1 Å². The highest BCUT2D eigenvalue weighted by Gasteiger charge is 2.17. The van der Waals surface area contributed by atoms with Crippen molar-refractivity contribution in [3.8, 4) is 11.5 Å². The molecule has 0 saturated carbocycles. The van der Waals surface area contributed by atoms with Crippen LogP contribution in [0.2, 0.25) is 0 Å². The summed E-state index contributed by atoms with van der Waals surface area (Å²) in [5, 5.41) is 2.86. The summed E-state index contributed by atoms with van der Waals surface area (Å²) in [6, 6.07) is 13.4. The Bertz CT molecular complexity index is 900. The third kappa shape index (κ3) is 4.99. The van der Waals surface area contributed by atoms with Crippen LogP contribution in [0.4, 0.5) is 0 Å². The van der Waals surface area contributed by atoms with Gasteiger partial charge in [0, 0.05) is 13.0 Å². The number of hydrogen-bond acceptors (Lipinski definition) is 5. The van der Waals surface area contributed by atoms with Crippen molar-refractivity contribution in [1.29, 1.82) is 0 Å². The number of nitrogens with one attached hydrogen (secondary N) is 2. The van der Waals surface area contributed by atoms with Gasteiger partial charge in [-0.05, 0) is 36.8 Å². The van der Waals surface area contributed by atoms with Crippen LogP contribution in [0, 0.1) is 0 Å². The van der Waals surface area contributed by atoms with Gasteiger partial charge in [0.2, 0.25) is 15.9 Å². The van der Waals surface area contributed by atoms with Gasteiger partial charge >= 0.3 is 0 Å². The molecule has 1 amide bonds. The number of sulfonamides is 1. The van der Waals surface area contributed by atoms with E-state index in [1.54, 1.807) is 18.2 Å². The molecular weight excluding hydrogens is 368 g/mol. The number of carbonyl (C=O) groups excluding carboxylic acids is 1. The molecule has 0 spiro atoms. The Balaban J connectivity index is 1.50. The quantitative estimate of drug-likeness (QED) is 0.754. The molecular formula is C19H22N2O5S. The van der Waals surface area contributed by atoms with Crippen molar-refractivity contribution >= 4 is 15.9 Å². The van der Waals surface area contributed by atoms with E-state index in [1.165, 1.54) is 12.1 Å². The minimum absolute atomic E-state index is 0.0247. The highest BCUT2D eigenvalue weighted by atomic mass is 32.2. The molecule has 2 aromatic carbocycles. The second-order valence-electron chi connectivity index (χ2n) is 6.15. The molecule has 8 heteroatoms. The fourth-order valence-corrected chi connectivity index (χ4v) is 3.76. The average Bonchev–Trinajstić information content (AvgIpc) is 2.68. The van der Waals surface area contributed by atoms with Crippen LogP contribution in [-0.4, -0.2) is 34.1 Å². The standard InChI is InChI=1S/C19H22N2O5S/c1-14(15-7-8-17-18(13-15)26-12-11-25-17)21-19(22)9-10-20-27(23,24)16-5-3-2-4-6-16/h2-8,13-14,20H,9-12H2,1H3,(H,21,22)/t14-/m1/s1. The van der Waals surface area contributed by atoms with Crippen LogP contribution in [0.5, 0.6) is 11.5 Å². The van der Waals surface area contributed by atoms with Crippen LogP contribution in [0.15, 0.2) is 53.4 Å². The minimum atomic E-state index is -3.61. The SMILES string of the molecule is C[C@@H](NC(=O)CCNS(=O)(=O)c1ccccc1)c1ccc2c(c1)OCCO2. The molecule has 1 atom stereocenters. The lowest BCUT2D eigenvalue weighted by atomic mass is 10.1. The molecule has 7 nitrogen and oxygen atoms in total. The zero-order valence-electron chi connectivity index (χ0n) is 15.0. The topological polar surface area (TPSA) is 93.7 Å². The fourth-order valence-electron chi connectivity index (χ4n) is 2.71. The molecule has 1 heterocycles. The normalized spacial score (nSPS) is 14.4. The van der Waals surface area contributed by atoms with Crippen molar-refractivity contribution in [2.45, 2.75) is 24.3 Å². The Labute approximate surface area is 158 Å². The van der Waals surface area contributed by atoms with Gasteiger partial charge in [-0.2, -0.15) is 0 Å². The van der Waals surface area contributed by atoms with E-state index in [9.17, 15) is 13.2 Å². The molecule has 2 N–H and O–H groups in total. The van der Waals surface area contributed by atoms with Crippen LogP contribution in [0.1, 0.15) is 24.9 Å². The Morgan fingerprint density at radius 3 is 2.52 bits per heavy atom. The third-order valence-electron chi connectivity index (χ3n) is 4.14. The average molecular weight is 390 g/mol. The number of rotatable bonds is 7. The number of carbonyl (C=O) groups is 1. The predicted octanol–water partition coefficient (Wildman–Crippen LogP) is 2.00. The predicted molar refractivity (Wildman–Crippen MR) is 100 cm³/mol. The zero-order chi connectivity index (χ0) is 19.3. The maximum atomic E-state index is 12.1. The lowest BCUT2D eigenvalue weighted by Crippen LogP contribution is -2.32. The molecule has 0 unspecified atom stereocenters. The molecule has 0 radical (unpaired) electrons. The maximum absolute atomic E-state index is 12.1. The van der Waals surface area contributed by atoms with E-state index in [-0.39, 0.29) is 29.8 Å². The lowest BCUT2D eigenvalue weighted by Gasteiger charge is -2.21. The summed E-state index contributed by atoms with van der Waals surface area (Å²) >= 11 is 0. The van der Waals surface area contributed by atoms with Gasteiger partial charge in [-0.3, -0.25) is 4.79 Å². The van der Waals surface area contributed by atoms with Gasteiger partial charge in [-0.15, -0.1) is 0 Å². The first kappa shape index (κ1) is 19.2. The van der Waals surface area contributed by atoms with Gasteiger partial charge in [0.25, 0.3) is 0 Å². The van der Waals surface area contributed by atoms with Crippen LogP contribution in [-0.2, 0) is 14.8 Å². The van der Waals surface area contributed by atoms with Gasteiger partial charge < -0.3 is 14.8 Å². The maximum Gasteiger partial charge on any atom is 0.240 e. The Kier molecular flexibility index (Phi) is 5.98. The summed E-state index contributed by atoms with van der Waals surface area (Å²) in [5.41, 5.74) is 0.887. The summed E-state index contributed by atoms with van der Waals surface area (Å²) in [7, 11) is -3.61. The largest absolute Gasteiger partial charge is 0.486 e. The summed E-state index contributed by atoms with van der Waals surface area (Å²) in [5.74, 6) is 1.11. The molecule has 1 aliphatic rings. The molecule has 0 bridgehead atoms. The molecule has 0 aromatic heterocycles. The number of amides is 1. The molecule has 0 aliphatic carbocycles. The molecule has 0 saturated heterocycles. The Hall–Kier alpha value is -2.58. The Morgan fingerprint density at radius 1 is 1.07 bits per heavy atom. The van der Waals surface area contributed by atoms with E-state index in [1.807, 2.05) is 25.1 Å². The van der Waals surface area contributed by atoms with Gasteiger partial charge in [0.1, 0.15) is 13.2 Å². The molecule has 0 fully saturated rings. The van der Waals surface area contributed by atoms with Gasteiger partial charge in [0.05, 0.1) is 10.9 Å². The number of fused-ring (bicyclic) bond motifs is 1. The summed E-state index contributed by atoms with van der Waals surface area (Å²) in [6.07, 6.45) is 0.0426. The second kappa shape index (κ2) is 8.41. The second-order valence-corrected chi connectivity index (χ2v) is 7.92. The first-order valence-electron chi connectivity index (χ1n) is 8.69. The Morgan fingerprint density at radius 2 is 1.78 bits per heavy atom. The summed E-state index contributed by atoms with van der Waals surface area (Å²) in [4.78, 5) is 12.3. The number of hydrogen-bond donors (Lipinski definition) is 2. The highest BCUT2D eigenvalue weighted by molar-refractivity contribution is 7.89. The summed E-state index contributed by atoms with van der Waals surface area (Å²) < 4.78 is 37.7. The van der Waals surface area contributed by atoms with Crippen molar-refractivity contribution in [3.05, 3.63) is 54.1 Å². The third-order valence-corrected chi connectivity index (χ3v) is 5.62. The van der Waals surface area contributed by atoms with E-state index in [0.29, 0.717) is 24.7 Å². The van der Waals surface area contributed by atoms with E-state index in [2.05, 4.69) is 10.0 Å². The van der Waals surface area contributed by atoms with Crippen LogP contribution >= 0.6 is 0 Å². The number of ether oxygens (including phenoxy) is 2. The van der Waals surface area contributed by atoms with E-state index >= 15 is 0 Å². The van der Waals surface area contributed by atoms with E-state index in [0.717, 1.165) is 5.56 Å². The van der Waals surface area contributed by atoms with Gasteiger partial charge in [-0.1, -0.05) is 24.3 Å². The van der Waals surface area contributed by atoms with E-state index in [4.69, 9.17) is 9.47 Å². The van der Waals surface area contributed by atoms with E-state index < -0.39 is 10.0 Å². The number of benzene rings is 2. The minimum Gasteiger partial charge on any atom is -0.486 e. The van der Waals surface area contributed by atoms with Crippen molar-refractivity contribution in [3.63, 3.8) is 0 Å². The molecule has 3 rings (SSSR count). The fraction of sp³-hybridized carbons (Fsp3) is 0.316. The monoisotopic (exact) mass is 390 g/mol. The zero-order valence-corrected chi connectivity index (χ0v) is 15.8. The van der Waals surface area contributed by atoms with Crippen molar-refractivity contribution in [2.24, 2.45) is 0 Å². The molecule has 144 valence electrons. The van der Waals surface area contributed by atoms with Gasteiger partial charge in [0.15, 0.2) is 11.5 Å². The first-order valence-corrected chi connectivity index (χ1v) is 10.2. The summed E-state index contributed by atoms with van der Waals surface area (Å²) in [6.45, 7) is 2.91. The smallest absolute Gasteiger partial charge is 0.240 e. The van der Waals surface area contributed by atoms with Crippen molar-refractivity contribution in [2.75, 3.05) is 19.8 Å². The lowest BCUT2D eigenvalue weighted by molar-refractivity contribution is -0.121. The van der Waals surface area contributed by atoms with Crippen LogP contribution in [0.3, 0.4) is 0 Å². The van der Waals surface area contributed by atoms with Crippen molar-refractivity contribution < 1.29 is 22.7 Å². The first-order chi connectivity index (χ1) is 13.0. The molecule has 1 aliphatic heterocycles. The molecule has 27 heavy (non-hydrogen) atoms. The molecule has 2 aromatic rings. The van der Waals surface area contributed by atoms with Crippen molar-refractivity contribution in [1.82, 2.24) is 10.0 Å². The van der Waals surface area contributed by atoms with Crippen LogP contribution < -0.4 is 19.5 Å².